The molecule has 3 atom stereocenters. The zero-order chi connectivity index (χ0) is 30.3. The molecular weight excluding hydrogens is 542 g/mol. The van der Waals surface area contributed by atoms with E-state index in [1.54, 1.807) is 20.8 Å². The number of carboxylic acid groups (broad SMARTS) is 1. The highest BCUT2D eigenvalue weighted by Crippen LogP contribution is 2.35. The molecule has 2 aromatic carbocycles. The van der Waals surface area contributed by atoms with Crippen LogP contribution in [0.1, 0.15) is 33.6 Å². The topological polar surface area (TPSA) is 145 Å². The number of amides is 1. The third-order valence-electron chi connectivity index (χ3n) is 6.85. The fourth-order valence-electron chi connectivity index (χ4n) is 4.64. The Bertz CT molecular complexity index is 1420. The molecule has 1 saturated heterocycles. The fraction of sp³-hybridized carbons (Fsp3) is 0.419. The van der Waals surface area contributed by atoms with E-state index in [2.05, 4.69) is 10.6 Å². The molecule has 0 bridgehead atoms. The number of hydrogen-bond donors (Lipinski definition) is 3. The molecule has 0 aliphatic carbocycles. The number of alkyl carbamates (subject to hydrolysis) is 1. The van der Waals surface area contributed by atoms with Gasteiger partial charge in [0, 0.05) is 30.3 Å². The highest BCUT2D eigenvalue weighted by molar-refractivity contribution is 5.86. The van der Waals surface area contributed by atoms with Gasteiger partial charge in [0.1, 0.15) is 23.9 Å². The Morgan fingerprint density at radius 2 is 1.88 bits per heavy atom. The number of nitrogens with zero attached hydrogens (tertiary/aromatic N) is 1. The van der Waals surface area contributed by atoms with Crippen LogP contribution in [0.15, 0.2) is 54.6 Å². The minimum absolute atomic E-state index is 0.0661. The SMILES string of the molecule is COC(=O)[C@@H]1C[C@@H](Oc2nc3ccccc3cc2-c2cccc(OCCCOC(=O)N[C@H](C(=O)O)C(C)(C)C)c2)CN1. The number of benzene rings is 2. The van der Waals surface area contributed by atoms with E-state index in [1.807, 2.05) is 54.6 Å². The van der Waals surface area contributed by atoms with Crippen LogP contribution in [0.4, 0.5) is 4.79 Å². The van der Waals surface area contributed by atoms with Gasteiger partial charge in [-0.2, -0.15) is 0 Å². The third kappa shape index (κ3) is 7.88. The van der Waals surface area contributed by atoms with Gasteiger partial charge in [-0.3, -0.25) is 4.79 Å². The van der Waals surface area contributed by atoms with Crippen molar-refractivity contribution in [2.75, 3.05) is 26.9 Å². The lowest BCUT2D eigenvalue weighted by Crippen LogP contribution is -2.49. The Morgan fingerprint density at radius 3 is 2.62 bits per heavy atom. The summed E-state index contributed by atoms with van der Waals surface area (Å²) < 4.78 is 22.2. The van der Waals surface area contributed by atoms with Gasteiger partial charge in [-0.15, -0.1) is 0 Å². The third-order valence-corrected chi connectivity index (χ3v) is 6.85. The van der Waals surface area contributed by atoms with Gasteiger partial charge in [-0.05, 0) is 35.2 Å². The smallest absolute Gasteiger partial charge is 0.407 e. The van der Waals surface area contributed by atoms with Crippen LogP contribution in [0.2, 0.25) is 0 Å². The van der Waals surface area contributed by atoms with Gasteiger partial charge in [0.05, 0.1) is 25.8 Å². The number of aromatic nitrogens is 1. The number of pyridine rings is 1. The molecule has 1 amide bonds. The molecule has 3 N–H and O–H groups in total. The highest BCUT2D eigenvalue weighted by atomic mass is 16.6. The molecule has 4 rings (SSSR count). The van der Waals surface area contributed by atoms with Crippen LogP contribution >= 0.6 is 0 Å². The van der Waals surface area contributed by atoms with Crippen LogP contribution in [0.5, 0.6) is 11.6 Å². The zero-order valence-corrected chi connectivity index (χ0v) is 24.2. The normalized spacial score (nSPS) is 17.3. The van der Waals surface area contributed by atoms with Crippen LogP contribution in [0.3, 0.4) is 0 Å². The quantitative estimate of drug-likeness (QED) is 0.223. The minimum atomic E-state index is -1.12. The molecule has 0 saturated carbocycles. The average Bonchev–Trinajstić information content (AvgIpc) is 3.43. The summed E-state index contributed by atoms with van der Waals surface area (Å²) in [6.45, 7) is 6.01. The maximum Gasteiger partial charge on any atom is 0.407 e. The van der Waals surface area contributed by atoms with Crippen LogP contribution in [-0.4, -0.2) is 73.2 Å². The summed E-state index contributed by atoms with van der Waals surface area (Å²) in [6.07, 6.45) is -0.164. The molecule has 1 aliphatic heterocycles. The molecule has 0 spiro atoms. The second kappa shape index (κ2) is 13.5. The maximum absolute atomic E-state index is 12.1. The van der Waals surface area contributed by atoms with E-state index in [9.17, 15) is 19.5 Å². The molecule has 0 radical (unpaired) electrons. The van der Waals surface area contributed by atoms with Gasteiger partial charge in [0.2, 0.25) is 5.88 Å². The van der Waals surface area contributed by atoms with Crippen molar-refractivity contribution in [3.05, 3.63) is 54.6 Å². The number of nitrogens with one attached hydrogen (secondary N) is 2. The lowest BCUT2D eigenvalue weighted by Gasteiger charge is -2.27. The van der Waals surface area contributed by atoms with Gasteiger partial charge in [-0.1, -0.05) is 51.1 Å². The molecule has 42 heavy (non-hydrogen) atoms. The summed E-state index contributed by atoms with van der Waals surface area (Å²) >= 11 is 0. The summed E-state index contributed by atoms with van der Waals surface area (Å²) in [4.78, 5) is 40.3. The number of carboxylic acids is 1. The Balaban J connectivity index is 1.39. The monoisotopic (exact) mass is 579 g/mol. The van der Waals surface area contributed by atoms with Crippen molar-refractivity contribution in [1.29, 1.82) is 0 Å². The number of carbonyl (C=O) groups is 3. The van der Waals surface area contributed by atoms with Gasteiger partial charge in [0.25, 0.3) is 0 Å². The lowest BCUT2D eigenvalue weighted by atomic mass is 9.87. The second-order valence-electron chi connectivity index (χ2n) is 11.1. The first-order chi connectivity index (χ1) is 20.0. The van der Waals surface area contributed by atoms with E-state index < -0.39 is 29.6 Å². The Hall–Kier alpha value is -4.38. The number of rotatable bonds is 11. The molecule has 3 aromatic rings. The number of methoxy groups -OCH3 is 1. The largest absolute Gasteiger partial charge is 0.493 e. The van der Waals surface area contributed by atoms with Crippen LogP contribution in [-0.2, 0) is 19.1 Å². The predicted molar refractivity (Wildman–Crippen MR) is 155 cm³/mol. The van der Waals surface area contributed by atoms with Crippen molar-refractivity contribution in [2.45, 2.75) is 51.8 Å². The van der Waals surface area contributed by atoms with E-state index in [4.69, 9.17) is 23.9 Å². The molecule has 11 heteroatoms. The summed E-state index contributed by atoms with van der Waals surface area (Å²) in [7, 11) is 1.37. The number of para-hydroxylation sites is 1. The summed E-state index contributed by atoms with van der Waals surface area (Å²) in [6, 6.07) is 15.8. The minimum Gasteiger partial charge on any atom is -0.493 e. The van der Waals surface area contributed by atoms with Gasteiger partial charge in [-0.25, -0.2) is 14.6 Å². The highest BCUT2D eigenvalue weighted by Gasteiger charge is 2.33. The number of aliphatic carboxylic acids is 1. The predicted octanol–water partition coefficient (Wildman–Crippen LogP) is 4.18. The van der Waals surface area contributed by atoms with Crippen molar-refractivity contribution < 1.29 is 38.4 Å². The van der Waals surface area contributed by atoms with E-state index in [-0.39, 0.29) is 25.3 Å². The molecule has 1 aromatic heterocycles. The van der Waals surface area contributed by atoms with Gasteiger partial charge in [0.15, 0.2) is 0 Å². The maximum atomic E-state index is 12.1. The lowest BCUT2D eigenvalue weighted by molar-refractivity contribution is -0.143. The van der Waals surface area contributed by atoms with Gasteiger partial charge < -0.3 is 34.7 Å². The standard InChI is InChI=1S/C31H37N3O8/c1-31(2,3)26(28(35)36)34-30(38)41-14-8-13-40-21-11-7-10-19(15-21)23-16-20-9-5-6-12-24(20)33-27(23)42-22-17-25(32-18-22)29(37)39-4/h5-7,9-12,15-16,22,25-26,32H,8,13-14,17-18H2,1-4H3,(H,34,38)(H,35,36)/t22-,25+,26-/m1/s1. The van der Waals surface area contributed by atoms with Crippen molar-refractivity contribution in [3.63, 3.8) is 0 Å². The molecule has 2 heterocycles. The van der Waals surface area contributed by atoms with Crippen molar-refractivity contribution in [1.82, 2.24) is 15.6 Å². The van der Waals surface area contributed by atoms with Crippen LogP contribution < -0.4 is 20.1 Å². The van der Waals surface area contributed by atoms with E-state index >= 15 is 0 Å². The molecule has 11 nitrogen and oxygen atoms in total. The number of esters is 1. The van der Waals surface area contributed by atoms with Crippen molar-refractivity contribution >= 4 is 28.9 Å². The number of fused-ring (bicyclic) bond motifs is 1. The summed E-state index contributed by atoms with van der Waals surface area (Å²) in [5, 5.41) is 15.8. The fourth-order valence-corrected chi connectivity index (χ4v) is 4.64. The Kier molecular flexibility index (Phi) is 9.84. The summed E-state index contributed by atoms with van der Waals surface area (Å²) in [5.41, 5.74) is 1.76. The van der Waals surface area contributed by atoms with Crippen molar-refractivity contribution in [2.24, 2.45) is 5.41 Å². The van der Waals surface area contributed by atoms with Crippen molar-refractivity contribution in [3.8, 4) is 22.8 Å². The molecular formula is C31H37N3O8. The Morgan fingerprint density at radius 1 is 1.10 bits per heavy atom. The van der Waals surface area contributed by atoms with Crippen LogP contribution in [0.25, 0.3) is 22.0 Å². The molecule has 0 unspecified atom stereocenters. The molecule has 1 aliphatic rings. The molecule has 224 valence electrons. The number of ether oxygens (including phenoxy) is 4. The van der Waals surface area contributed by atoms with E-state index in [0.717, 1.165) is 22.0 Å². The van der Waals surface area contributed by atoms with Gasteiger partial charge >= 0.3 is 18.0 Å². The van der Waals surface area contributed by atoms with Crippen LogP contribution in [0, 0.1) is 5.41 Å². The first kappa shape index (κ1) is 30.6. The first-order valence-corrected chi connectivity index (χ1v) is 13.8. The summed E-state index contributed by atoms with van der Waals surface area (Å²) in [5.74, 6) is -0.373. The van der Waals surface area contributed by atoms with E-state index in [0.29, 0.717) is 31.0 Å². The zero-order valence-electron chi connectivity index (χ0n) is 24.2. The van der Waals surface area contributed by atoms with E-state index in [1.165, 1.54) is 7.11 Å². The number of hydrogen-bond acceptors (Lipinski definition) is 9. The Labute approximate surface area is 244 Å². The second-order valence-corrected chi connectivity index (χ2v) is 11.1. The number of carbonyl (C=O) groups excluding carboxylic acids is 2. The molecule has 1 fully saturated rings. The average molecular weight is 580 g/mol. The first-order valence-electron chi connectivity index (χ1n) is 13.8.